The van der Waals surface area contributed by atoms with E-state index >= 15 is 0 Å². The van der Waals surface area contributed by atoms with Crippen LogP contribution in [0, 0.1) is 0 Å². The average Bonchev–Trinajstić information content (AvgIpc) is 3.56. The van der Waals surface area contributed by atoms with E-state index in [1.54, 1.807) is 0 Å². The van der Waals surface area contributed by atoms with Crippen LogP contribution in [0.4, 0.5) is 0 Å². The molecule has 0 spiro atoms. The smallest absolute Gasteiger partial charge is 0.164 e. The third-order valence-corrected chi connectivity index (χ3v) is 10.1. The number of aromatic nitrogens is 3. The summed E-state index contributed by atoms with van der Waals surface area (Å²) in [6.07, 6.45) is 0. The van der Waals surface area contributed by atoms with Crippen molar-refractivity contribution >= 4 is 31.5 Å². The molecule has 0 atom stereocenters. The number of thiophene rings is 1. The van der Waals surface area contributed by atoms with E-state index in [1.165, 1.54) is 36.9 Å². The van der Waals surface area contributed by atoms with Crippen LogP contribution in [0.3, 0.4) is 0 Å². The largest absolute Gasteiger partial charge is 0.208 e. The lowest BCUT2D eigenvalue weighted by Crippen LogP contribution is -2.00. The zero-order valence-electron chi connectivity index (χ0n) is 26.5. The summed E-state index contributed by atoms with van der Waals surface area (Å²) in [5.41, 5.74) is 9.95. The molecule has 2 aromatic heterocycles. The van der Waals surface area contributed by atoms with Gasteiger partial charge in [-0.1, -0.05) is 152 Å². The van der Waals surface area contributed by atoms with Crippen molar-refractivity contribution in [2.24, 2.45) is 0 Å². The highest BCUT2D eigenvalue weighted by molar-refractivity contribution is 7.25. The molecule has 9 rings (SSSR count). The minimum absolute atomic E-state index is 0.648. The highest BCUT2D eigenvalue weighted by Crippen LogP contribution is 2.39. The van der Waals surface area contributed by atoms with Crippen LogP contribution >= 0.6 is 11.3 Å². The van der Waals surface area contributed by atoms with Gasteiger partial charge in [0.2, 0.25) is 0 Å². The topological polar surface area (TPSA) is 38.7 Å². The highest BCUT2D eigenvalue weighted by atomic mass is 32.1. The second kappa shape index (κ2) is 12.4. The van der Waals surface area contributed by atoms with Crippen LogP contribution in [0.15, 0.2) is 176 Å². The quantitative estimate of drug-likeness (QED) is 0.181. The Bertz CT molecular complexity index is 2580. The van der Waals surface area contributed by atoms with E-state index in [1.807, 2.05) is 47.7 Å². The fourth-order valence-electron chi connectivity index (χ4n) is 6.40. The van der Waals surface area contributed by atoms with Crippen LogP contribution in [0.5, 0.6) is 0 Å². The van der Waals surface area contributed by atoms with Gasteiger partial charge in [0.25, 0.3) is 0 Å². The number of rotatable bonds is 6. The Kier molecular flexibility index (Phi) is 7.34. The summed E-state index contributed by atoms with van der Waals surface area (Å²) < 4.78 is 2.59. The second-order valence-corrected chi connectivity index (χ2v) is 13.2. The summed E-state index contributed by atoms with van der Waals surface area (Å²) in [5.74, 6) is 1.95. The van der Waals surface area contributed by atoms with Gasteiger partial charge in [0.1, 0.15) is 0 Å². The fourth-order valence-corrected chi connectivity index (χ4v) is 7.52. The first-order chi connectivity index (χ1) is 24.2. The molecule has 2 heterocycles. The normalized spacial score (nSPS) is 11.3. The molecule has 0 amide bonds. The van der Waals surface area contributed by atoms with Crippen molar-refractivity contribution < 1.29 is 0 Å². The molecule has 0 radical (unpaired) electrons. The summed E-state index contributed by atoms with van der Waals surface area (Å²) in [7, 11) is 0. The third-order valence-electron chi connectivity index (χ3n) is 8.95. The van der Waals surface area contributed by atoms with E-state index in [-0.39, 0.29) is 0 Å². The monoisotopic (exact) mass is 643 g/mol. The summed E-state index contributed by atoms with van der Waals surface area (Å²) in [6.45, 7) is 0. The minimum atomic E-state index is 0.648. The molecular weight excluding hydrogens is 615 g/mol. The number of benzene rings is 7. The number of hydrogen-bond donors (Lipinski definition) is 0. The molecule has 4 heteroatoms. The number of fused-ring (bicyclic) bond motifs is 3. The summed E-state index contributed by atoms with van der Waals surface area (Å²) in [4.78, 5) is 14.9. The zero-order valence-corrected chi connectivity index (χ0v) is 27.3. The van der Waals surface area contributed by atoms with Gasteiger partial charge in [-0.15, -0.1) is 11.3 Å². The lowest BCUT2D eigenvalue weighted by Gasteiger charge is -2.10. The van der Waals surface area contributed by atoms with Crippen molar-refractivity contribution in [3.05, 3.63) is 176 Å². The maximum absolute atomic E-state index is 5.01. The third kappa shape index (κ3) is 5.69. The van der Waals surface area contributed by atoms with Gasteiger partial charge < -0.3 is 0 Å². The maximum Gasteiger partial charge on any atom is 0.164 e. The molecule has 0 saturated carbocycles. The molecule has 0 fully saturated rings. The molecule has 0 aliphatic heterocycles. The lowest BCUT2D eigenvalue weighted by molar-refractivity contribution is 1.07. The molecule has 0 aliphatic carbocycles. The molecule has 7 aromatic carbocycles. The van der Waals surface area contributed by atoms with Crippen molar-refractivity contribution in [3.63, 3.8) is 0 Å². The van der Waals surface area contributed by atoms with E-state index < -0.39 is 0 Å². The summed E-state index contributed by atoms with van der Waals surface area (Å²) >= 11 is 1.85. The van der Waals surface area contributed by atoms with Crippen LogP contribution in [0.2, 0.25) is 0 Å². The Balaban J connectivity index is 1.07. The predicted octanol–water partition coefficient (Wildman–Crippen LogP) is 12.2. The Morgan fingerprint density at radius 3 is 1.35 bits per heavy atom. The van der Waals surface area contributed by atoms with E-state index in [0.717, 1.165) is 33.4 Å². The Morgan fingerprint density at radius 2 is 0.694 bits per heavy atom. The van der Waals surface area contributed by atoms with Crippen molar-refractivity contribution in [1.82, 2.24) is 15.0 Å². The highest BCUT2D eigenvalue weighted by Gasteiger charge is 2.14. The van der Waals surface area contributed by atoms with Gasteiger partial charge in [-0.3, -0.25) is 0 Å². The van der Waals surface area contributed by atoms with E-state index in [4.69, 9.17) is 15.0 Å². The lowest BCUT2D eigenvalue weighted by atomic mass is 10.0. The molecule has 9 aromatic rings. The van der Waals surface area contributed by atoms with Crippen LogP contribution in [0.25, 0.3) is 87.7 Å². The predicted molar refractivity (Wildman–Crippen MR) is 205 cm³/mol. The molecule has 49 heavy (non-hydrogen) atoms. The number of hydrogen-bond acceptors (Lipinski definition) is 4. The number of nitrogens with zero attached hydrogens (tertiary/aromatic N) is 3. The summed E-state index contributed by atoms with van der Waals surface area (Å²) in [5, 5.41) is 2.60. The Hall–Kier alpha value is -6.23. The maximum atomic E-state index is 5.01. The van der Waals surface area contributed by atoms with Crippen LogP contribution < -0.4 is 0 Å². The Morgan fingerprint density at radius 1 is 0.265 bits per heavy atom. The molecule has 0 bridgehead atoms. The van der Waals surface area contributed by atoms with Gasteiger partial charge in [0.15, 0.2) is 17.5 Å². The first-order valence-electron chi connectivity index (χ1n) is 16.4. The molecule has 0 aliphatic rings. The van der Waals surface area contributed by atoms with E-state index in [9.17, 15) is 0 Å². The Labute approximate surface area is 288 Å². The van der Waals surface area contributed by atoms with Gasteiger partial charge in [0.05, 0.1) is 0 Å². The molecule has 0 saturated heterocycles. The molecule has 230 valence electrons. The summed E-state index contributed by atoms with van der Waals surface area (Å²) in [6, 6.07) is 61.7. The first kappa shape index (κ1) is 29.0. The van der Waals surface area contributed by atoms with Crippen LogP contribution in [-0.2, 0) is 0 Å². The zero-order chi connectivity index (χ0) is 32.6. The van der Waals surface area contributed by atoms with Gasteiger partial charge in [-0.05, 0) is 57.6 Å². The van der Waals surface area contributed by atoms with Crippen LogP contribution in [-0.4, -0.2) is 15.0 Å². The van der Waals surface area contributed by atoms with Crippen molar-refractivity contribution in [2.45, 2.75) is 0 Å². The van der Waals surface area contributed by atoms with Gasteiger partial charge in [-0.2, -0.15) is 0 Å². The molecule has 0 unspecified atom stereocenters. The van der Waals surface area contributed by atoms with Gasteiger partial charge in [0, 0.05) is 36.9 Å². The fraction of sp³-hybridized carbons (Fsp3) is 0. The van der Waals surface area contributed by atoms with Crippen molar-refractivity contribution in [1.29, 1.82) is 0 Å². The van der Waals surface area contributed by atoms with Gasteiger partial charge in [-0.25, -0.2) is 15.0 Å². The van der Waals surface area contributed by atoms with Gasteiger partial charge >= 0.3 is 0 Å². The van der Waals surface area contributed by atoms with Crippen LogP contribution in [0.1, 0.15) is 0 Å². The van der Waals surface area contributed by atoms with E-state index in [0.29, 0.717) is 17.5 Å². The standard InChI is InChI=1S/C45H29N3S/c1-4-11-30(12-5-1)35-17-10-18-38(27-35)45-47-43(33-15-8-3-9-16-33)46-44(48-45)34-21-19-32(20-22-34)37-23-25-39-40-28-36(31-13-6-2-7-14-31)24-26-41(40)49-42(39)29-37/h1-29H. The minimum Gasteiger partial charge on any atom is -0.208 e. The van der Waals surface area contributed by atoms with Crippen molar-refractivity contribution in [3.8, 4) is 67.5 Å². The average molecular weight is 644 g/mol. The molecular formula is C45H29N3S. The second-order valence-electron chi connectivity index (χ2n) is 12.1. The van der Waals surface area contributed by atoms with Crippen molar-refractivity contribution in [2.75, 3.05) is 0 Å². The van der Waals surface area contributed by atoms with E-state index in [2.05, 4.69) is 140 Å². The first-order valence-corrected chi connectivity index (χ1v) is 17.2. The molecule has 0 N–H and O–H groups in total. The molecule has 3 nitrogen and oxygen atoms in total. The SMILES string of the molecule is c1ccc(-c2cccc(-c3nc(-c4ccccc4)nc(-c4ccc(-c5ccc6c(c5)sc5ccc(-c7ccccc7)cc56)cc4)n3)c2)cc1.